The van der Waals surface area contributed by atoms with Crippen molar-refractivity contribution >= 4 is 20.3 Å². The molecule has 5 nitrogen and oxygen atoms in total. The molecule has 1 aromatic carbocycles. The van der Waals surface area contributed by atoms with Gasteiger partial charge in [0.15, 0.2) is 8.32 Å². The van der Waals surface area contributed by atoms with Gasteiger partial charge in [0.1, 0.15) is 12.7 Å². The zero-order chi connectivity index (χ0) is 47.7. The van der Waals surface area contributed by atoms with Gasteiger partial charge < -0.3 is 13.9 Å². The molecule has 67 heavy (non-hydrogen) atoms. The van der Waals surface area contributed by atoms with Gasteiger partial charge in [0.05, 0.1) is 0 Å². The van der Waals surface area contributed by atoms with Gasteiger partial charge in [-0.25, -0.2) is 0 Å². The first kappa shape index (κ1) is 50.3. The molecule has 8 aliphatic rings. The number of hydrogen-bond acceptors (Lipinski definition) is 5. The van der Waals surface area contributed by atoms with Crippen molar-refractivity contribution in [2.24, 2.45) is 92.7 Å². The predicted molar refractivity (Wildman–Crippen MR) is 275 cm³/mol. The fourth-order valence-corrected chi connectivity index (χ4v) is 20.7. The monoisotopic (exact) mass is 939 g/mol. The molecule has 0 spiro atoms. The third-order valence-electron chi connectivity index (χ3n) is 24.2. The average Bonchev–Trinajstić information content (AvgIpc) is 3.84. The van der Waals surface area contributed by atoms with Crippen LogP contribution in [0.4, 0.5) is 0 Å². The Morgan fingerprint density at radius 2 is 1.06 bits per heavy atom. The first-order valence-corrected chi connectivity index (χ1v) is 31.6. The molecule has 8 saturated carbocycles. The fourth-order valence-electron chi connectivity index (χ4n) is 19.3. The second kappa shape index (κ2) is 19.1. The summed E-state index contributed by atoms with van der Waals surface area (Å²) in [7, 11) is -1.75. The number of ether oxygens (including phenoxy) is 2. The van der Waals surface area contributed by atoms with Crippen molar-refractivity contribution in [3.8, 4) is 0 Å². The van der Waals surface area contributed by atoms with Crippen molar-refractivity contribution in [1.82, 2.24) is 0 Å². The highest BCUT2D eigenvalue weighted by molar-refractivity contribution is 6.74. The summed E-state index contributed by atoms with van der Waals surface area (Å²) >= 11 is 0. The van der Waals surface area contributed by atoms with E-state index in [-0.39, 0.29) is 23.1 Å². The number of carbonyl (C=O) groups excluding carboxylic acids is 2. The number of fused-ring (bicyclic) bond motifs is 10. The predicted octanol–water partition coefficient (Wildman–Crippen LogP) is 16.2. The Bertz CT molecular complexity index is 1890. The molecule has 376 valence electrons. The largest absolute Gasteiger partial charge is 0.462 e. The lowest BCUT2D eigenvalue weighted by Gasteiger charge is -2.61. The maximum absolute atomic E-state index is 13.7. The normalized spacial score (nSPS) is 43.6. The summed E-state index contributed by atoms with van der Waals surface area (Å²) in [5.74, 6) is 9.17. The summed E-state index contributed by atoms with van der Waals surface area (Å²) in [5, 5.41) is 0.277. The van der Waals surface area contributed by atoms with Gasteiger partial charge in [0.2, 0.25) is 0 Å². The number of esters is 2. The van der Waals surface area contributed by atoms with E-state index in [0.29, 0.717) is 70.9 Å². The molecule has 0 radical (unpaired) electrons. The van der Waals surface area contributed by atoms with Crippen molar-refractivity contribution in [1.29, 1.82) is 0 Å². The summed E-state index contributed by atoms with van der Waals surface area (Å²) in [5.41, 5.74) is 2.73. The zero-order valence-corrected chi connectivity index (χ0v) is 45.8. The Labute approximate surface area is 411 Å². The van der Waals surface area contributed by atoms with E-state index in [1.165, 1.54) is 103 Å². The fraction of sp³-hybridized carbons (Fsp3) is 0.869. The summed E-state index contributed by atoms with van der Waals surface area (Å²) in [6.45, 7) is 28.1. The maximum Gasteiger partial charge on any atom is 0.306 e. The van der Waals surface area contributed by atoms with Crippen LogP contribution < -0.4 is 0 Å². The van der Waals surface area contributed by atoms with Gasteiger partial charge in [-0.15, -0.1) is 0 Å². The molecule has 0 saturated heterocycles. The molecule has 6 heteroatoms. The molecule has 0 amide bonds. The summed E-state index contributed by atoms with van der Waals surface area (Å²) < 4.78 is 19.2. The highest BCUT2D eigenvalue weighted by Crippen LogP contribution is 2.70. The second-order valence-electron chi connectivity index (χ2n) is 28.1. The van der Waals surface area contributed by atoms with Crippen LogP contribution in [0, 0.1) is 92.7 Å². The van der Waals surface area contributed by atoms with Gasteiger partial charge >= 0.3 is 11.9 Å². The minimum Gasteiger partial charge on any atom is -0.462 e. The molecule has 0 N–H and O–H groups in total. The van der Waals surface area contributed by atoms with Crippen LogP contribution in [0.3, 0.4) is 0 Å². The van der Waals surface area contributed by atoms with Crippen molar-refractivity contribution in [3.63, 3.8) is 0 Å². The van der Waals surface area contributed by atoms with Gasteiger partial charge in [-0.2, -0.15) is 0 Å². The van der Waals surface area contributed by atoms with Crippen LogP contribution in [0.5, 0.6) is 0 Å². The minimum absolute atomic E-state index is 0.0530. The molecule has 0 bridgehead atoms. The summed E-state index contributed by atoms with van der Waals surface area (Å²) in [6, 6.07) is 10.0. The summed E-state index contributed by atoms with van der Waals surface area (Å²) in [4.78, 5) is 26.5. The first-order chi connectivity index (χ1) is 31.7. The van der Waals surface area contributed by atoms with Crippen LogP contribution in [0.15, 0.2) is 30.3 Å². The smallest absolute Gasteiger partial charge is 0.306 e. The zero-order valence-electron chi connectivity index (χ0n) is 44.8. The topological polar surface area (TPSA) is 61.8 Å². The molecule has 0 unspecified atom stereocenters. The van der Waals surface area contributed by atoms with Crippen LogP contribution in [0.25, 0.3) is 0 Å². The van der Waals surface area contributed by atoms with Crippen molar-refractivity contribution < 1.29 is 23.5 Å². The van der Waals surface area contributed by atoms with E-state index in [4.69, 9.17) is 13.9 Å². The SMILES string of the molecule is C[C@H](CCC(=O)OCc1ccccc1)[C@H]1CC[C@H]2[C@@H]3CC[C@@H]4C[C@H](OC(=O)CC[C@@H](C)[C@H]5CC[C@H]6[C@@H]7CC[C@@H]8C[C@H](O[Si](C)(C)C(C)(C)C)CC[C@]8(C)[C@H]7CC[C@]56C)CC[C@]4(C)[C@H]3CC[C@]12C. The van der Waals surface area contributed by atoms with Crippen molar-refractivity contribution in [2.45, 2.75) is 241 Å². The lowest BCUT2D eigenvalue weighted by Crippen LogP contribution is -2.55. The van der Waals surface area contributed by atoms with Crippen LogP contribution in [0.2, 0.25) is 18.1 Å². The number of benzene rings is 1. The molecule has 9 rings (SSSR count). The molecule has 8 fully saturated rings. The van der Waals surface area contributed by atoms with Crippen molar-refractivity contribution in [3.05, 3.63) is 35.9 Å². The first-order valence-electron chi connectivity index (χ1n) is 28.7. The second-order valence-corrected chi connectivity index (χ2v) is 32.9. The molecule has 0 heterocycles. The Balaban J connectivity index is 0.725. The Morgan fingerprint density at radius 3 is 1.58 bits per heavy atom. The number of rotatable bonds is 13. The molecule has 0 aliphatic heterocycles. The summed E-state index contributed by atoms with van der Waals surface area (Å²) in [6.07, 6.45) is 27.4. The third-order valence-corrected chi connectivity index (χ3v) is 28.7. The third kappa shape index (κ3) is 9.37. The molecular formula is C61H98O5Si. The number of hydrogen-bond donors (Lipinski definition) is 0. The quantitative estimate of drug-likeness (QED) is 0.146. The lowest BCUT2D eigenvalue weighted by atomic mass is 9.44. The van der Waals surface area contributed by atoms with E-state index < -0.39 is 8.32 Å². The average molecular weight is 940 g/mol. The van der Waals surface area contributed by atoms with Crippen LogP contribution in [0.1, 0.15) is 209 Å². The van der Waals surface area contributed by atoms with E-state index in [0.717, 1.165) is 78.6 Å². The number of carbonyl (C=O) groups is 2. The molecule has 1 aromatic rings. The van der Waals surface area contributed by atoms with E-state index in [1.807, 2.05) is 30.3 Å². The highest BCUT2D eigenvalue weighted by Gasteiger charge is 2.63. The molecular weight excluding hydrogens is 841 g/mol. The standard InChI is InChI=1S/C61H98O5Si/c1-40(17-27-55(62)64-39-42-15-13-12-14-16-42)49-23-25-51-47-21-19-43-37-45(29-33-58(43,6)53(47)31-35-60(49,51)8)65-56(63)28-18-41(2)50-24-26-52-48-22-20-44-38-46(66-67(10,11)57(3,4)5)30-34-59(44,7)54(48)32-36-61(50,52)9/h12-16,40-41,43-54H,17-39H2,1-11H3/t40-,41-,43-,44-,45-,46-,47+,48+,49-,50-,51+,52+,53+,54+,58+,59+,60-,61-/m1/s1. The van der Waals surface area contributed by atoms with Gasteiger partial charge in [-0.3, -0.25) is 9.59 Å². The van der Waals surface area contributed by atoms with Gasteiger partial charge in [-0.05, 0) is 245 Å². The lowest BCUT2D eigenvalue weighted by molar-refractivity contribution is -0.163. The van der Waals surface area contributed by atoms with E-state index >= 15 is 0 Å². The Kier molecular flexibility index (Phi) is 14.3. The minimum atomic E-state index is -1.75. The highest BCUT2D eigenvalue weighted by atomic mass is 28.4. The van der Waals surface area contributed by atoms with Crippen LogP contribution in [-0.2, 0) is 30.1 Å². The van der Waals surface area contributed by atoms with E-state index in [9.17, 15) is 9.59 Å². The van der Waals surface area contributed by atoms with Gasteiger partial charge in [-0.1, -0.05) is 92.6 Å². The Morgan fingerprint density at radius 1 is 0.597 bits per heavy atom. The van der Waals surface area contributed by atoms with Crippen LogP contribution >= 0.6 is 0 Å². The van der Waals surface area contributed by atoms with Gasteiger partial charge in [0.25, 0.3) is 0 Å². The maximum atomic E-state index is 13.7. The van der Waals surface area contributed by atoms with Crippen LogP contribution in [-0.4, -0.2) is 32.5 Å². The molecule has 18 atom stereocenters. The molecule has 0 aromatic heterocycles. The van der Waals surface area contributed by atoms with E-state index in [2.05, 4.69) is 75.4 Å². The van der Waals surface area contributed by atoms with E-state index in [1.54, 1.807) is 0 Å². The molecule has 8 aliphatic carbocycles. The Hall–Kier alpha value is -1.66. The van der Waals surface area contributed by atoms with Gasteiger partial charge in [0, 0.05) is 18.9 Å². The van der Waals surface area contributed by atoms with Crippen molar-refractivity contribution in [2.75, 3.05) is 0 Å².